The summed E-state index contributed by atoms with van der Waals surface area (Å²) < 4.78 is 6.13. The van der Waals surface area contributed by atoms with Crippen LogP contribution in [0.3, 0.4) is 0 Å². The third-order valence-corrected chi connectivity index (χ3v) is 2.47. The first kappa shape index (κ1) is 8.72. The smallest absolute Gasteiger partial charge is 0.182 e. The highest BCUT2D eigenvalue weighted by Crippen LogP contribution is 2.24. The van der Waals surface area contributed by atoms with E-state index in [1.807, 2.05) is 12.1 Å². The Labute approximate surface area is 84.1 Å². The molecule has 0 aliphatic rings. The standard InChI is InChI=1S/C9H9BrN2O/c10-7-3-6(1-2-11)4-8-9(7)13-5-12-8/h3-5H,1-2,11H2. The molecular weight excluding hydrogens is 232 g/mol. The summed E-state index contributed by atoms with van der Waals surface area (Å²) in [6.45, 7) is 0.649. The molecule has 0 amide bonds. The number of nitrogens with zero attached hydrogens (tertiary/aromatic N) is 1. The van der Waals surface area contributed by atoms with Crippen LogP contribution in [0.1, 0.15) is 5.56 Å². The van der Waals surface area contributed by atoms with E-state index in [1.165, 1.54) is 12.0 Å². The highest BCUT2D eigenvalue weighted by atomic mass is 79.9. The van der Waals surface area contributed by atoms with Gasteiger partial charge in [-0.1, -0.05) is 0 Å². The largest absolute Gasteiger partial charge is 0.442 e. The van der Waals surface area contributed by atoms with Gasteiger partial charge < -0.3 is 10.2 Å². The number of nitrogens with two attached hydrogens (primary N) is 1. The van der Waals surface area contributed by atoms with Gasteiger partial charge in [-0.15, -0.1) is 0 Å². The molecule has 2 rings (SSSR count). The molecule has 13 heavy (non-hydrogen) atoms. The average molecular weight is 241 g/mol. The van der Waals surface area contributed by atoms with Gasteiger partial charge in [0.1, 0.15) is 5.52 Å². The Morgan fingerprint density at radius 3 is 3.08 bits per heavy atom. The zero-order valence-electron chi connectivity index (χ0n) is 6.96. The number of benzene rings is 1. The van der Waals surface area contributed by atoms with Crippen molar-refractivity contribution in [3.05, 3.63) is 28.6 Å². The molecule has 0 radical (unpaired) electrons. The summed E-state index contributed by atoms with van der Waals surface area (Å²) in [5.41, 5.74) is 8.31. The van der Waals surface area contributed by atoms with E-state index in [9.17, 15) is 0 Å². The van der Waals surface area contributed by atoms with Crippen molar-refractivity contribution >= 4 is 27.0 Å². The first-order valence-electron chi connectivity index (χ1n) is 4.03. The van der Waals surface area contributed by atoms with Gasteiger partial charge in [-0.2, -0.15) is 0 Å². The maximum Gasteiger partial charge on any atom is 0.182 e. The lowest BCUT2D eigenvalue weighted by Gasteiger charge is -1.99. The summed E-state index contributed by atoms with van der Waals surface area (Å²) in [6.07, 6.45) is 2.31. The van der Waals surface area contributed by atoms with Crippen molar-refractivity contribution in [3.63, 3.8) is 0 Å². The molecule has 0 aliphatic carbocycles. The van der Waals surface area contributed by atoms with Crippen LogP contribution in [-0.2, 0) is 6.42 Å². The minimum absolute atomic E-state index is 0.649. The van der Waals surface area contributed by atoms with E-state index < -0.39 is 0 Å². The van der Waals surface area contributed by atoms with Gasteiger partial charge in [-0.05, 0) is 46.6 Å². The van der Waals surface area contributed by atoms with Crippen molar-refractivity contribution in [1.29, 1.82) is 0 Å². The number of fused-ring (bicyclic) bond motifs is 1. The van der Waals surface area contributed by atoms with Crippen LogP contribution in [0.4, 0.5) is 0 Å². The molecule has 4 heteroatoms. The molecule has 1 aromatic carbocycles. The van der Waals surface area contributed by atoms with E-state index >= 15 is 0 Å². The number of hydrogen-bond acceptors (Lipinski definition) is 3. The summed E-state index contributed by atoms with van der Waals surface area (Å²) in [4.78, 5) is 4.08. The fourth-order valence-corrected chi connectivity index (χ4v) is 1.88. The number of oxazole rings is 1. The Morgan fingerprint density at radius 1 is 1.46 bits per heavy atom. The lowest BCUT2D eigenvalue weighted by Crippen LogP contribution is -2.02. The third kappa shape index (κ3) is 1.59. The zero-order chi connectivity index (χ0) is 9.26. The van der Waals surface area contributed by atoms with Gasteiger partial charge in [-0.3, -0.25) is 0 Å². The zero-order valence-corrected chi connectivity index (χ0v) is 8.54. The molecule has 2 N–H and O–H groups in total. The fourth-order valence-electron chi connectivity index (χ4n) is 1.29. The molecule has 0 saturated carbocycles. The van der Waals surface area contributed by atoms with Gasteiger partial charge in [0, 0.05) is 0 Å². The van der Waals surface area contributed by atoms with Crippen molar-refractivity contribution in [1.82, 2.24) is 4.98 Å². The Morgan fingerprint density at radius 2 is 2.31 bits per heavy atom. The highest BCUT2D eigenvalue weighted by Gasteiger charge is 2.05. The second-order valence-electron chi connectivity index (χ2n) is 2.82. The predicted molar refractivity (Wildman–Crippen MR) is 54.5 cm³/mol. The minimum Gasteiger partial charge on any atom is -0.442 e. The van der Waals surface area contributed by atoms with Crippen LogP contribution in [0.5, 0.6) is 0 Å². The molecule has 2 aromatic rings. The molecule has 0 fully saturated rings. The number of hydrogen-bond donors (Lipinski definition) is 1. The van der Waals surface area contributed by atoms with Crippen LogP contribution in [-0.4, -0.2) is 11.5 Å². The van der Waals surface area contributed by atoms with Crippen LogP contribution in [0.2, 0.25) is 0 Å². The van der Waals surface area contributed by atoms with E-state index in [0.29, 0.717) is 6.54 Å². The first-order valence-corrected chi connectivity index (χ1v) is 4.82. The van der Waals surface area contributed by atoms with Gasteiger partial charge in [0.05, 0.1) is 4.47 Å². The number of rotatable bonds is 2. The minimum atomic E-state index is 0.649. The lowest BCUT2D eigenvalue weighted by molar-refractivity contribution is 0.600. The molecule has 1 heterocycles. The maximum atomic E-state index is 5.47. The number of halogens is 1. The van der Waals surface area contributed by atoms with Crippen molar-refractivity contribution in [2.24, 2.45) is 5.73 Å². The van der Waals surface area contributed by atoms with Crippen LogP contribution < -0.4 is 5.73 Å². The third-order valence-electron chi connectivity index (χ3n) is 1.88. The molecule has 0 bridgehead atoms. The average Bonchev–Trinajstić information content (AvgIpc) is 2.53. The van der Waals surface area contributed by atoms with Crippen LogP contribution in [0.15, 0.2) is 27.4 Å². The first-order chi connectivity index (χ1) is 6.31. The number of aromatic nitrogens is 1. The Hall–Kier alpha value is -0.870. The molecule has 68 valence electrons. The molecule has 0 aliphatic heterocycles. The van der Waals surface area contributed by atoms with Crippen molar-refractivity contribution in [2.75, 3.05) is 6.54 Å². The van der Waals surface area contributed by atoms with E-state index in [-0.39, 0.29) is 0 Å². The van der Waals surface area contributed by atoms with Crippen molar-refractivity contribution < 1.29 is 4.42 Å². The van der Waals surface area contributed by atoms with Crippen LogP contribution >= 0.6 is 15.9 Å². The Bertz CT molecular complexity index is 424. The topological polar surface area (TPSA) is 52.0 Å². The molecular formula is C9H9BrN2O. The molecule has 1 aromatic heterocycles. The Kier molecular flexibility index (Phi) is 2.33. The second kappa shape index (κ2) is 3.47. The quantitative estimate of drug-likeness (QED) is 0.875. The van der Waals surface area contributed by atoms with E-state index in [0.717, 1.165) is 22.0 Å². The van der Waals surface area contributed by atoms with E-state index in [4.69, 9.17) is 10.2 Å². The van der Waals surface area contributed by atoms with E-state index in [1.54, 1.807) is 0 Å². The molecule has 3 nitrogen and oxygen atoms in total. The Balaban J connectivity index is 2.56. The molecule has 0 atom stereocenters. The SMILES string of the molecule is NCCc1cc(Br)c2ocnc2c1. The monoisotopic (exact) mass is 240 g/mol. The van der Waals surface area contributed by atoms with Gasteiger partial charge in [0.25, 0.3) is 0 Å². The van der Waals surface area contributed by atoms with Gasteiger partial charge in [-0.25, -0.2) is 4.98 Å². The van der Waals surface area contributed by atoms with Gasteiger partial charge in [0.15, 0.2) is 12.0 Å². The fraction of sp³-hybridized carbons (Fsp3) is 0.222. The highest BCUT2D eigenvalue weighted by molar-refractivity contribution is 9.10. The summed E-state index contributed by atoms with van der Waals surface area (Å²) in [5, 5.41) is 0. The lowest BCUT2D eigenvalue weighted by atomic mass is 10.1. The molecule has 0 spiro atoms. The predicted octanol–water partition coefficient (Wildman–Crippen LogP) is 2.09. The van der Waals surface area contributed by atoms with Crippen LogP contribution in [0.25, 0.3) is 11.1 Å². The molecule has 0 saturated heterocycles. The molecule has 0 unspecified atom stereocenters. The van der Waals surface area contributed by atoms with Crippen LogP contribution in [0, 0.1) is 0 Å². The second-order valence-corrected chi connectivity index (χ2v) is 3.67. The summed E-state index contributed by atoms with van der Waals surface area (Å²) in [5.74, 6) is 0. The summed E-state index contributed by atoms with van der Waals surface area (Å²) >= 11 is 3.42. The normalized spacial score (nSPS) is 10.9. The summed E-state index contributed by atoms with van der Waals surface area (Å²) in [6, 6.07) is 4.01. The maximum absolute atomic E-state index is 5.47. The van der Waals surface area contributed by atoms with Crippen molar-refractivity contribution in [3.8, 4) is 0 Å². The van der Waals surface area contributed by atoms with Crippen molar-refractivity contribution in [2.45, 2.75) is 6.42 Å². The van der Waals surface area contributed by atoms with Gasteiger partial charge in [0.2, 0.25) is 0 Å². The summed E-state index contributed by atoms with van der Waals surface area (Å²) in [7, 11) is 0. The van der Waals surface area contributed by atoms with E-state index in [2.05, 4.69) is 20.9 Å². The van der Waals surface area contributed by atoms with Gasteiger partial charge >= 0.3 is 0 Å².